The molecule has 1 amide bonds. The van der Waals surface area contributed by atoms with Gasteiger partial charge in [0, 0.05) is 60.4 Å². The van der Waals surface area contributed by atoms with Crippen molar-refractivity contribution in [2.24, 2.45) is 4.99 Å². The molecule has 4 fully saturated rings. The molecule has 1 N–H and O–H groups in total. The highest BCUT2D eigenvalue weighted by Gasteiger charge is 2.43. The van der Waals surface area contributed by atoms with Crippen molar-refractivity contribution in [3.63, 3.8) is 0 Å². The first-order chi connectivity index (χ1) is 25.2. The second kappa shape index (κ2) is 16.5. The molecule has 2 aliphatic heterocycles. The van der Waals surface area contributed by atoms with Gasteiger partial charge in [0.1, 0.15) is 28.8 Å². The van der Waals surface area contributed by atoms with E-state index in [4.69, 9.17) is 32.9 Å². The number of aryl methyl sites for hydroxylation is 1. The smallest absolute Gasteiger partial charge is 0.245 e. The third kappa shape index (κ3) is 8.17. The topological polar surface area (TPSA) is 107 Å². The van der Waals surface area contributed by atoms with E-state index in [1.807, 2.05) is 42.2 Å². The van der Waals surface area contributed by atoms with Crippen molar-refractivity contribution in [3.8, 4) is 5.75 Å². The van der Waals surface area contributed by atoms with Crippen LogP contribution in [0.2, 0.25) is 10.0 Å². The molecule has 2 saturated heterocycles. The fourth-order valence-electron chi connectivity index (χ4n) is 8.16. The molecule has 0 bridgehead atoms. The zero-order valence-electron chi connectivity index (χ0n) is 30.0. The van der Waals surface area contributed by atoms with Gasteiger partial charge in [0.15, 0.2) is 5.96 Å². The summed E-state index contributed by atoms with van der Waals surface area (Å²) in [7, 11) is -4.13. The molecule has 2 saturated carbocycles. The van der Waals surface area contributed by atoms with E-state index in [0.717, 1.165) is 29.9 Å². The molecule has 1 atom stereocenters. The number of hydrogen-bond acceptors (Lipinski definition) is 6. The molecule has 280 valence electrons. The number of pyridine rings is 1. The van der Waals surface area contributed by atoms with E-state index in [9.17, 15) is 13.2 Å². The minimum absolute atomic E-state index is 0.00108. The number of rotatable bonds is 8. The molecule has 7 rings (SSSR count). The van der Waals surface area contributed by atoms with E-state index in [1.54, 1.807) is 0 Å². The van der Waals surface area contributed by atoms with Crippen LogP contribution in [0.5, 0.6) is 5.75 Å². The minimum atomic E-state index is -4.13. The number of carbonyl (C=O) groups excluding carboxylic acids is 1. The van der Waals surface area contributed by atoms with Gasteiger partial charge in [-0.1, -0.05) is 79.9 Å². The Labute approximate surface area is 317 Å². The summed E-state index contributed by atoms with van der Waals surface area (Å²) in [5.41, 5.74) is 1.91. The number of aliphatic imine (C=N–C) groups is 1. The van der Waals surface area contributed by atoms with Crippen LogP contribution in [0.15, 0.2) is 52.4 Å². The summed E-state index contributed by atoms with van der Waals surface area (Å²) in [6, 6.07) is 12.5. The average Bonchev–Trinajstić information content (AvgIpc) is 3.67. The van der Waals surface area contributed by atoms with Gasteiger partial charge in [0.05, 0.1) is 11.1 Å². The SMILES string of the molecule is Cc1ccc2cccc(OCc3c(Cl)ccc(S(=O)(=O)N4CCCC4C(=O)N4CCN(/C(=N\C5CCCCC5)NC5CCCCC5)CC4)c3Cl)c2n1. The monoisotopic (exact) mass is 768 g/mol. The van der Waals surface area contributed by atoms with Crippen LogP contribution in [0.1, 0.15) is 88.3 Å². The van der Waals surface area contributed by atoms with Crippen LogP contribution in [-0.4, -0.2) is 90.2 Å². The highest BCUT2D eigenvalue weighted by atomic mass is 35.5. The van der Waals surface area contributed by atoms with Gasteiger partial charge >= 0.3 is 0 Å². The Balaban J connectivity index is 1.04. The van der Waals surface area contributed by atoms with Crippen LogP contribution in [0.3, 0.4) is 0 Å². The highest BCUT2D eigenvalue weighted by Crippen LogP contribution is 2.37. The maximum atomic E-state index is 14.3. The molecule has 1 aromatic heterocycles. The van der Waals surface area contributed by atoms with E-state index < -0.39 is 16.1 Å². The lowest BCUT2D eigenvalue weighted by Crippen LogP contribution is -2.58. The van der Waals surface area contributed by atoms with Crippen molar-refractivity contribution in [2.75, 3.05) is 32.7 Å². The van der Waals surface area contributed by atoms with Crippen LogP contribution in [0.4, 0.5) is 0 Å². The summed E-state index contributed by atoms with van der Waals surface area (Å²) in [5.74, 6) is 1.38. The number of guanidine groups is 1. The van der Waals surface area contributed by atoms with Crippen molar-refractivity contribution in [1.29, 1.82) is 0 Å². The molecular formula is C39H50Cl2N6O4S. The fourth-order valence-corrected chi connectivity index (χ4v) is 10.7. The first kappa shape index (κ1) is 37.2. The molecule has 13 heteroatoms. The number of nitrogens with one attached hydrogen (secondary N) is 1. The number of halogens is 2. The zero-order chi connectivity index (χ0) is 36.2. The van der Waals surface area contributed by atoms with E-state index >= 15 is 0 Å². The lowest BCUT2D eigenvalue weighted by atomic mass is 9.95. The van der Waals surface area contributed by atoms with Crippen molar-refractivity contribution >= 4 is 56.0 Å². The van der Waals surface area contributed by atoms with E-state index in [-0.39, 0.29) is 29.0 Å². The van der Waals surface area contributed by atoms with Gasteiger partial charge in [0.25, 0.3) is 0 Å². The number of carbonyl (C=O) groups is 1. The van der Waals surface area contributed by atoms with Gasteiger partial charge in [0.2, 0.25) is 15.9 Å². The molecule has 2 aliphatic carbocycles. The number of aromatic nitrogens is 1. The molecule has 10 nitrogen and oxygen atoms in total. The predicted octanol–water partition coefficient (Wildman–Crippen LogP) is 7.34. The molecule has 0 radical (unpaired) electrons. The Morgan fingerprint density at radius 3 is 2.33 bits per heavy atom. The van der Waals surface area contributed by atoms with Crippen LogP contribution in [-0.2, 0) is 21.4 Å². The minimum Gasteiger partial charge on any atom is -0.487 e. The molecule has 0 spiro atoms. The van der Waals surface area contributed by atoms with Crippen LogP contribution in [0.25, 0.3) is 10.9 Å². The van der Waals surface area contributed by atoms with Crippen LogP contribution in [0, 0.1) is 6.92 Å². The molecule has 52 heavy (non-hydrogen) atoms. The van der Waals surface area contributed by atoms with Crippen LogP contribution < -0.4 is 10.1 Å². The Hall–Kier alpha value is -3.12. The largest absolute Gasteiger partial charge is 0.487 e. The number of piperazine rings is 1. The Kier molecular flexibility index (Phi) is 11.8. The third-order valence-corrected chi connectivity index (χ3v) is 14.0. The lowest BCUT2D eigenvalue weighted by Gasteiger charge is -2.40. The van der Waals surface area contributed by atoms with Crippen LogP contribution >= 0.6 is 23.2 Å². The molecule has 4 aliphatic rings. The number of benzene rings is 2. The van der Waals surface area contributed by atoms with Crippen molar-refractivity contribution in [1.82, 2.24) is 24.4 Å². The van der Waals surface area contributed by atoms with E-state index in [0.29, 0.717) is 73.0 Å². The van der Waals surface area contributed by atoms with Gasteiger partial charge in [-0.25, -0.2) is 18.4 Å². The number of ether oxygens (including phenoxy) is 1. The first-order valence-corrected chi connectivity index (χ1v) is 21.2. The molecule has 2 aromatic carbocycles. The Morgan fingerprint density at radius 1 is 0.865 bits per heavy atom. The van der Waals surface area contributed by atoms with Gasteiger partial charge in [-0.15, -0.1) is 0 Å². The van der Waals surface area contributed by atoms with E-state index in [1.165, 1.54) is 67.8 Å². The van der Waals surface area contributed by atoms with E-state index in [2.05, 4.69) is 15.2 Å². The quantitative estimate of drug-likeness (QED) is 0.189. The summed E-state index contributed by atoms with van der Waals surface area (Å²) in [4.78, 5) is 28.0. The van der Waals surface area contributed by atoms with Gasteiger partial charge in [-0.2, -0.15) is 4.31 Å². The molecule has 3 heterocycles. The number of amides is 1. The number of sulfonamides is 1. The Morgan fingerprint density at radius 2 is 1.58 bits per heavy atom. The second-order valence-corrected chi connectivity index (χ2v) is 17.4. The van der Waals surface area contributed by atoms with Gasteiger partial charge < -0.3 is 19.9 Å². The Bertz CT molecular complexity index is 1890. The number of fused-ring (bicyclic) bond motifs is 1. The standard InChI is InChI=1S/C39H50Cl2N6O4S/c1-27-17-18-28-10-8-16-34(37(28)42-27)51-26-31-32(40)19-20-35(36(31)41)52(49,50)47-21-9-15-33(47)38(48)45-22-24-46(25-23-45)39(43-29-11-4-2-5-12-29)44-30-13-6-3-7-14-30/h8,10,16-20,29-30,33H,2-7,9,11-15,21-26H2,1H3,(H,43,44). The van der Waals surface area contributed by atoms with Gasteiger partial charge in [-0.3, -0.25) is 4.79 Å². The lowest BCUT2D eigenvalue weighted by molar-refractivity contribution is -0.135. The third-order valence-electron chi connectivity index (χ3n) is 11.1. The normalized spacial score (nSPS) is 21.5. The maximum absolute atomic E-state index is 14.3. The summed E-state index contributed by atoms with van der Waals surface area (Å²) >= 11 is 13.4. The molecular weight excluding hydrogens is 719 g/mol. The summed E-state index contributed by atoms with van der Waals surface area (Å²) in [6.07, 6.45) is 13.2. The summed E-state index contributed by atoms with van der Waals surface area (Å²) < 4.78 is 36.0. The van der Waals surface area contributed by atoms with Crippen molar-refractivity contribution < 1.29 is 17.9 Å². The second-order valence-electron chi connectivity index (χ2n) is 14.7. The van der Waals surface area contributed by atoms with Gasteiger partial charge in [-0.05, 0) is 69.7 Å². The fraction of sp³-hybridized carbons (Fsp3) is 0.564. The first-order valence-electron chi connectivity index (χ1n) is 19.0. The molecule has 3 aromatic rings. The number of nitrogens with zero attached hydrogens (tertiary/aromatic N) is 5. The van der Waals surface area contributed by atoms with Crippen molar-refractivity contribution in [3.05, 3.63) is 63.8 Å². The maximum Gasteiger partial charge on any atom is 0.245 e. The summed E-state index contributed by atoms with van der Waals surface area (Å²) in [6.45, 7) is 4.46. The molecule has 1 unspecified atom stereocenters. The number of hydrogen-bond donors (Lipinski definition) is 1. The highest BCUT2D eigenvalue weighted by molar-refractivity contribution is 7.89. The number of para-hydroxylation sites is 1. The average molecular weight is 770 g/mol. The summed E-state index contributed by atoms with van der Waals surface area (Å²) in [5, 5.41) is 5.03. The predicted molar refractivity (Wildman–Crippen MR) is 207 cm³/mol. The zero-order valence-corrected chi connectivity index (χ0v) is 32.4. The van der Waals surface area contributed by atoms with Crippen molar-refractivity contribution in [2.45, 2.75) is 114 Å².